The van der Waals surface area contributed by atoms with E-state index in [1.807, 2.05) is 30.3 Å². The number of ether oxygens (including phenoxy) is 1. The molecule has 2 nitrogen and oxygen atoms in total. The van der Waals surface area contributed by atoms with Gasteiger partial charge in [0.25, 0.3) is 0 Å². The fourth-order valence-corrected chi connectivity index (χ4v) is 1.69. The summed E-state index contributed by atoms with van der Waals surface area (Å²) in [5.74, 6) is 6.73. The lowest BCUT2D eigenvalue weighted by atomic mass is 10.0. The Morgan fingerprint density at radius 2 is 2.00 bits per heavy atom. The highest BCUT2D eigenvalue weighted by molar-refractivity contribution is 5.90. The van der Waals surface area contributed by atoms with E-state index in [-0.39, 0.29) is 0 Å². The molecule has 2 aromatic rings. The number of benzene rings is 2. The van der Waals surface area contributed by atoms with E-state index in [1.165, 1.54) is 0 Å². The third kappa shape index (κ3) is 1.86. The van der Waals surface area contributed by atoms with Crippen LogP contribution in [0.2, 0.25) is 0 Å². The zero-order valence-electron chi connectivity index (χ0n) is 9.16. The summed E-state index contributed by atoms with van der Waals surface area (Å²) in [6.45, 7) is 0.354. The molecule has 2 N–H and O–H groups in total. The van der Waals surface area contributed by atoms with E-state index in [4.69, 9.17) is 10.5 Å². The van der Waals surface area contributed by atoms with Crippen LogP contribution in [-0.2, 0) is 0 Å². The van der Waals surface area contributed by atoms with Gasteiger partial charge in [0.2, 0.25) is 0 Å². The zero-order valence-corrected chi connectivity index (χ0v) is 9.16. The maximum atomic E-state index is 5.40. The topological polar surface area (TPSA) is 35.2 Å². The second-order valence-electron chi connectivity index (χ2n) is 3.37. The standard InChI is InChI=1S/C14H13NO/c1-16-14-9-8-11-5-2-3-6-12(11)13(14)7-4-10-15/h2-3,5-6,8-9H,10,15H2,1H3. The molecule has 0 saturated carbocycles. The van der Waals surface area contributed by atoms with Crippen LogP contribution in [0.5, 0.6) is 5.75 Å². The second-order valence-corrected chi connectivity index (χ2v) is 3.37. The van der Waals surface area contributed by atoms with Gasteiger partial charge in [0.15, 0.2) is 0 Å². The number of hydrogen-bond donors (Lipinski definition) is 1. The summed E-state index contributed by atoms with van der Waals surface area (Å²) in [6, 6.07) is 12.1. The zero-order chi connectivity index (χ0) is 11.4. The normalized spacial score (nSPS) is 9.62. The molecule has 2 heteroatoms. The minimum atomic E-state index is 0.354. The minimum absolute atomic E-state index is 0.354. The van der Waals surface area contributed by atoms with E-state index in [1.54, 1.807) is 7.11 Å². The third-order valence-corrected chi connectivity index (χ3v) is 2.43. The van der Waals surface area contributed by atoms with Gasteiger partial charge in [-0.3, -0.25) is 0 Å². The van der Waals surface area contributed by atoms with Gasteiger partial charge in [-0.25, -0.2) is 0 Å². The molecule has 0 unspecified atom stereocenters. The van der Waals surface area contributed by atoms with Gasteiger partial charge in [-0.2, -0.15) is 0 Å². The lowest BCUT2D eigenvalue weighted by molar-refractivity contribution is 0.414. The van der Waals surface area contributed by atoms with E-state index < -0.39 is 0 Å². The summed E-state index contributed by atoms with van der Waals surface area (Å²) < 4.78 is 5.31. The van der Waals surface area contributed by atoms with E-state index in [0.717, 1.165) is 22.1 Å². The molecular weight excluding hydrogens is 198 g/mol. The summed E-state index contributed by atoms with van der Waals surface area (Å²) in [5.41, 5.74) is 6.31. The molecular formula is C14H13NO. The molecule has 0 amide bonds. The monoisotopic (exact) mass is 211 g/mol. The third-order valence-electron chi connectivity index (χ3n) is 2.43. The Balaban J connectivity index is 2.73. The van der Waals surface area contributed by atoms with Gasteiger partial charge in [0, 0.05) is 5.39 Å². The SMILES string of the molecule is COc1ccc2ccccc2c1C#CCN. The molecule has 0 atom stereocenters. The van der Waals surface area contributed by atoms with Gasteiger partial charge >= 0.3 is 0 Å². The Morgan fingerprint density at radius 1 is 1.19 bits per heavy atom. The molecule has 0 spiro atoms. The quantitative estimate of drug-likeness (QED) is 0.734. The molecule has 0 radical (unpaired) electrons. The second kappa shape index (κ2) is 4.69. The number of nitrogens with two attached hydrogens (primary N) is 1. The lowest BCUT2D eigenvalue weighted by Crippen LogP contribution is -1.94. The molecule has 0 aliphatic carbocycles. The average molecular weight is 211 g/mol. The van der Waals surface area contributed by atoms with Gasteiger partial charge in [0.1, 0.15) is 5.75 Å². The minimum Gasteiger partial charge on any atom is -0.495 e. The van der Waals surface area contributed by atoms with Gasteiger partial charge in [-0.15, -0.1) is 0 Å². The Bertz CT molecular complexity index is 564. The highest BCUT2D eigenvalue weighted by Gasteiger charge is 2.04. The Labute approximate surface area is 95.0 Å². The fraction of sp³-hybridized carbons (Fsp3) is 0.143. The van der Waals surface area contributed by atoms with Crippen LogP contribution in [0.4, 0.5) is 0 Å². The first-order valence-electron chi connectivity index (χ1n) is 5.11. The molecule has 0 fully saturated rings. The molecule has 80 valence electrons. The molecule has 2 aromatic carbocycles. The van der Waals surface area contributed by atoms with E-state index in [9.17, 15) is 0 Å². The maximum Gasteiger partial charge on any atom is 0.135 e. The van der Waals surface area contributed by atoms with E-state index in [2.05, 4.69) is 17.9 Å². The maximum absolute atomic E-state index is 5.40. The molecule has 0 aliphatic rings. The summed E-state index contributed by atoms with van der Waals surface area (Å²) in [6.07, 6.45) is 0. The van der Waals surface area contributed by atoms with Gasteiger partial charge in [0.05, 0.1) is 19.2 Å². The van der Waals surface area contributed by atoms with Crippen molar-refractivity contribution in [2.45, 2.75) is 0 Å². The predicted molar refractivity (Wildman–Crippen MR) is 66.4 cm³/mol. The van der Waals surface area contributed by atoms with Crippen molar-refractivity contribution in [3.63, 3.8) is 0 Å². The van der Waals surface area contributed by atoms with Crippen LogP contribution in [-0.4, -0.2) is 13.7 Å². The first-order chi connectivity index (χ1) is 7.86. The highest BCUT2D eigenvalue weighted by Crippen LogP contribution is 2.26. The first kappa shape index (κ1) is 10.5. The van der Waals surface area contributed by atoms with E-state index in [0.29, 0.717) is 6.54 Å². The lowest BCUT2D eigenvalue weighted by Gasteiger charge is -2.06. The molecule has 16 heavy (non-hydrogen) atoms. The summed E-state index contributed by atoms with van der Waals surface area (Å²) in [4.78, 5) is 0. The number of hydrogen-bond acceptors (Lipinski definition) is 2. The van der Waals surface area contributed by atoms with Crippen molar-refractivity contribution in [3.8, 4) is 17.6 Å². The molecule has 2 rings (SSSR count). The van der Waals surface area contributed by atoms with Gasteiger partial charge < -0.3 is 10.5 Å². The van der Waals surface area contributed by atoms with Crippen molar-refractivity contribution in [1.29, 1.82) is 0 Å². The summed E-state index contributed by atoms with van der Waals surface area (Å²) in [7, 11) is 1.65. The van der Waals surface area contributed by atoms with Crippen molar-refractivity contribution in [1.82, 2.24) is 0 Å². The predicted octanol–water partition coefficient (Wildman–Crippen LogP) is 2.16. The van der Waals surface area contributed by atoms with Crippen molar-refractivity contribution >= 4 is 10.8 Å². The van der Waals surface area contributed by atoms with Crippen molar-refractivity contribution in [2.24, 2.45) is 5.73 Å². The van der Waals surface area contributed by atoms with Crippen LogP contribution in [0.15, 0.2) is 36.4 Å². The van der Waals surface area contributed by atoms with E-state index >= 15 is 0 Å². The smallest absolute Gasteiger partial charge is 0.135 e. The van der Waals surface area contributed by atoms with Crippen LogP contribution in [0, 0.1) is 11.8 Å². The van der Waals surface area contributed by atoms with Gasteiger partial charge in [-0.05, 0) is 11.5 Å². The van der Waals surface area contributed by atoms with Crippen molar-refractivity contribution < 1.29 is 4.74 Å². The Morgan fingerprint density at radius 3 is 2.75 bits per heavy atom. The first-order valence-corrected chi connectivity index (χ1v) is 5.11. The summed E-state index contributed by atoms with van der Waals surface area (Å²) >= 11 is 0. The molecule has 0 aliphatic heterocycles. The molecule has 0 bridgehead atoms. The van der Waals surface area contributed by atoms with Crippen molar-refractivity contribution in [3.05, 3.63) is 42.0 Å². The number of rotatable bonds is 1. The van der Waals surface area contributed by atoms with Gasteiger partial charge in [-0.1, -0.05) is 42.2 Å². The Hall–Kier alpha value is -1.98. The van der Waals surface area contributed by atoms with Crippen LogP contribution in [0.3, 0.4) is 0 Å². The summed E-state index contributed by atoms with van der Waals surface area (Å²) in [5, 5.41) is 2.26. The van der Waals surface area contributed by atoms with Crippen LogP contribution in [0.1, 0.15) is 5.56 Å². The van der Waals surface area contributed by atoms with Crippen LogP contribution in [0.25, 0.3) is 10.8 Å². The van der Waals surface area contributed by atoms with Crippen LogP contribution >= 0.6 is 0 Å². The average Bonchev–Trinajstić information content (AvgIpc) is 2.35. The molecule has 0 saturated heterocycles. The number of fused-ring (bicyclic) bond motifs is 1. The molecule has 0 heterocycles. The largest absolute Gasteiger partial charge is 0.495 e. The van der Waals surface area contributed by atoms with Crippen LogP contribution < -0.4 is 10.5 Å². The molecule has 0 aromatic heterocycles. The fourth-order valence-electron chi connectivity index (χ4n) is 1.69. The Kier molecular flexibility index (Phi) is 3.09. The number of methoxy groups -OCH3 is 1. The van der Waals surface area contributed by atoms with Crippen molar-refractivity contribution in [2.75, 3.05) is 13.7 Å². The highest BCUT2D eigenvalue weighted by atomic mass is 16.5.